The molecule has 1 unspecified atom stereocenters. The van der Waals surface area contributed by atoms with Gasteiger partial charge in [0, 0.05) is 6.07 Å². The predicted octanol–water partition coefficient (Wildman–Crippen LogP) is 0.640. The summed E-state index contributed by atoms with van der Waals surface area (Å²) in [7, 11) is 0. The Kier molecular flexibility index (Phi) is 4.28. The lowest BCUT2D eigenvalue weighted by Crippen LogP contribution is -2.33. The number of halogens is 1. The Morgan fingerprint density at radius 3 is 2.78 bits per heavy atom. The first-order valence-electron chi connectivity index (χ1n) is 6.44. The number of ether oxygens (including phenoxy) is 1. The highest BCUT2D eigenvalue weighted by molar-refractivity contribution is 5.51. The van der Waals surface area contributed by atoms with Gasteiger partial charge in [0.2, 0.25) is 0 Å². The summed E-state index contributed by atoms with van der Waals surface area (Å²) < 4.78 is 20.2. The molecule has 0 saturated heterocycles. The van der Waals surface area contributed by atoms with Crippen LogP contribution in [-0.2, 0) is 0 Å². The van der Waals surface area contributed by atoms with Gasteiger partial charge >= 0.3 is 5.69 Å². The number of rotatable bonds is 3. The molecule has 0 aliphatic carbocycles. The molecule has 0 radical (unpaired) electrons. The van der Waals surface area contributed by atoms with Crippen LogP contribution in [0.1, 0.15) is 18.2 Å². The molecule has 2 rings (SSSR count). The molecule has 0 fully saturated rings. The van der Waals surface area contributed by atoms with Gasteiger partial charge in [0.05, 0.1) is 5.56 Å². The fourth-order valence-electron chi connectivity index (χ4n) is 1.76. The lowest BCUT2D eigenvalue weighted by molar-refractivity contribution is 0.277. The zero-order chi connectivity index (χ0) is 17.1. The Hall–Kier alpha value is -3.39. The molecular formula is C15H11FN4O3. The van der Waals surface area contributed by atoms with Crippen molar-refractivity contribution < 1.29 is 9.13 Å². The monoisotopic (exact) mass is 314 g/mol. The zero-order valence-corrected chi connectivity index (χ0v) is 12.3. The number of nitriles is 1. The minimum absolute atomic E-state index is 0.00639. The molecule has 23 heavy (non-hydrogen) atoms. The van der Waals surface area contributed by atoms with Gasteiger partial charge in [0.1, 0.15) is 23.2 Å². The van der Waals surface area contributed by atoms with Crippen molar-refractivity contribution in [1.82, 2.24) is 14.8 Å². The molecule has 1 heterocycles. The Morgan fingerprint density at radius 2 is 2.17 bits per heavy atom. The van der Waals surface area contributed by atoms with E-state index in [2.05, 4.69) is 11.0 Å². The van der Waals surface area contributed by atoms with E-state index in [-0.39, 0.29) is 22.7 Å². The van der Waals surface area contributed by atoms with Crippen LogP contribution >= 0.6 is 0 Å². The molecule has 116 valence electrons. The van der Waals surface area contributed by atoms with E-state index in [9.17, 15) is 14.0 Å². The Morgan fingerprint density at radius 1 is 1.48 bits per heavy atom. The lowest BCUT2D eigenvalue weighted by Gasteiger charge is -2.13. The highest BCUT2D eigenvalue weighted by atomic mass is 19.1. The number of nitrogens with one attached hydrogen (secondary N) is 1. The number of hydrogen-bond donors (Lipinski definition) is 1. The Balaban J connectivity index is 2.70. The van der Waals surface area contributed by atoms with Crippen molar-refractivity contribution in [1.29, 1.82) is 5.26 Å². The number of H-pyrrole nitrogens is 1. The van der Waals surface area contributed by atoms with E-state index in [0.717, 1.165) is 12.1 Å². The molecule has 1 N–H and O–H groups in total. The van der Waals surface area contributed by atoms with Gasteiger partial charge in [-0.25, -0.2) is 9.18 Å². The molecule has 0 spiro atoms. The van der Waals surface area contributed by atoms with Crippen molar-refractivity contribution in [2.45, 2.75) is 20.0 Å². The third-order valence-electron chi connectivity index (χ3n) is 2.93. The summed E-state index contributed by atoms with van der Waals surface area (Å²) in [6.07, 6.45) is 4.55. The van der Waals surface area contributed by atoms with E-state index in [1.54, 1.807) is 13.0 Å². The van der Waals surface area contributed by atoms with Crippen molar-refractivity contribution in [3.8, 4) is 29.8 Å². The number of terminal acetylenes is 1. The second-order valence-corrected chi connectivity index (χ2v) is 4.59. The average molecular weight is 314 g/mol. The molecule has 1 atom stereocenters. The molecule has 0 saturated carbocycles. The molecule has 0 aliphatic rings. The quantitative estimate of drug-likeness (QED) is 0.838. The van der Waals surface area contributed by atoms with Gasteiger partial charge in [-0.15, -0.1) is 6.42 Å². The summed E-state index contributed by atoms with van der Waals surface area (Å²) in [5, 5.41) is 12.8. The molecule has 1 aromatic carbocycles. The maximum absolute atomic E-state index is 14.2. The zero-order valence-electron chi connectivity index (χ0n) is 12.3. The van der Waals surface area contributed by atoms with Crippen molar-refractivity contribution in [3.63, 3.8) is 0 Å². The highest BCUT2D eigenvalue weighted by Gasteiger charge is 2.16. The van der Waals surface area contributed by atoms with Crippen molar-refractivity contribution in [2.75, 3.05) is 0 Å². The van der Waals surface area contributed by atoms with Crippen LogP contribution in [0.25, 0.3) is 5.69 Å². The van der Waals surface area contributed by atoms with Crippen LogP contribution in [0.4, 0.5) is 4.39 Å². The highest BCUT2D eigenvalue weighted by Crippen LogP contribution is 2.25. The molecule has 0 aliphatic heterocycles. The van der Waals surface area contributed by atoms with Gasteiger partial charge in [-0.05, 0) is 19.9 Å². The first-order chi connectivity index (χ1) is 10.9. The molecular weight excluding hydrogens is 303 g/mol. The van der Waals surface area contributed by atoms with E-state index < -0.39 is 23.2 Å². The summed E-state index contributed by atoms with van der Waals surface area (Å²) >= 11 is 0. The molecule has 2 aromatic rings. The van der Waals surface area contributed by atoms with Crippen molar-refractivity contribution >= 4 is 0 Å². The van der Waals surface area contributed by atoms with Crippen molar-refractivity contribution in [3.05, 3.63) is 50.0 Å². The molecule has 7 nitrogen and oxygen atoms in total. The predicted molar refractivity (Wildman–Crippen MR) is 78.8 cm³/mol. The number of aryl methyl sites for hydroxylation is 1. The smallest absolute Gasteiger partial charge is 0.349 e. The summed E-state index contributed by atoms with van der Waals surface area (Å²) in [6.45, 7) is 2.94. The summed E-state index contributed by atoms with van der Waals surface area (Å²) in [6, 6.07) is 3.82. The lowest BCUT2D eigenvalue weighted by atomic mass is 10.2. The number of aromatic amines is 1. The summed E-state index contributed by atoms with van der Waals surface area (Å²) in [5.41, 5.74) is -1.96. The van der Waals surface area contributed by atoms with Crippen LogP contribution in [0.3, 0.4) is 0 Å². The fraction of sp³-hybridized carbons (Fsp3) is 0.200. The third kappa shape index (κ3) is 3.11. The maximum atomic E-state index is 14.2. The van der Waals surface area contributed by atoms with Gasteiger partial charge in [0.15, 0.2) is 11.9 Å². The summed E-state index contributed by atoms with van der Waals surface area (Å²) in [4.78, 5) is 25.2. The first-order valence-corrected chi connectivity index (χ1v) is 6.44. The topological polar surface area (TPSA) is 101 Å². The standard InChI is InChI=1S/C15H11FN4O3/c1-4-8(2)23-13-6-12(11(16)5-10(13)7-17)20-15(22)18-14(21)9(3)19-20/h1,5-6,8H,2-3H3,(H,18,21,22). The van der Waals surface area contributed by atoms with E-state index in [1.165, 1.54) is 6.92 Å². The van der Waals surface area contributed by atoms with Gasteiger partial charge in [-0.1, -0.05) is 5.92 Å². The van der Waals surface area contributed by atoms with E-state index in [1.807, 2.05) is 4.98 Å². The fourth-order valence-corrected chi connectivity index (χ4v) is 1.76. The van der Waals surface area contributed by atoms with Crippen LogP contribution in [0.2, 0.25) is 0 Å². The Labute approximate surface area is 130 Å². The second-order valence-electron chi connectivity index (χ2n) is 4.59. The number of aromatic nitrogens is 3. The van der Waals surface area contributed by atoms with Crippen LogP contribution in [0.5, 0.6) is 5.75 Å². The average Bonchev–Trinajstić information content (AvgIpc) is 2.52. The van der Waals surface area contributed by atoms with Crippen LogP contribution in [0.15, 0.2) is 21.7 Å². The van der Waals surface area contributed by atoms with Gasteiger partial charge in [-0.2, -0.15) is 15.0 Å². The molecule has 0 amide bonds. The number of nitrogens with zero attached hydrogens (tertiary/aromatic N) is 3. The van der Waals surface area contributed by atoms with Crippen molar-refractivity contribution in [2.24, 2.45) is 0 Å². The van der Waals surface area contributed by atoms with E-state index in [0.29, 0.717) is 4.68 Å². The molecule has 0 bridgehead atoms. The summed E-state index contributed by atoms with van der Waals surface area (Å²) in [5.74, 6) is 1.44. The van der Waals surface area contributed by atoms with Crippen LogP contribution in [-0.4, -0.2) is 20.9 Å². The van der Waals surface area contributed by atoms with Crippen LogP contribution in [0, 0.1) is 36.4 Å². The maximum Gasteiger partial charge on any atom is 0.349 e. The minimum Gasteiger partial charge on any atom is -0.477 e. The number of benzene rings is 1. The minimum atomic E-state index is -0.917. The Bertz CT molecular complexity index is 963. The van der Waals surface area contributed by atoms with Gasteiger partial charge < -0.3 is 4.74 Å². The van der Waals surface area contributed by atoms with Gasteiger partial charge in [-0.3, -0.25) is 9.78 Å². The SMILES string of the molecule is C#CC(C)Oc1cc(-n2nc(C)c(=O)[nH]c2=O)c(F)cc1C#N. The normalized spacial score (nSPS) is 11.3. The second kappa shape index (κ2) is 6.16. The van der Waals surface area contributed by atoms with E-state index in [4.69, 9.17) is 16.4 Å². The first kappa shape index (κ1) is 16.0. The van der Waals surface area contributed by atoms with Gasteiger partial charge in [0.25, 0.3) is 5.56 Å². The molecule has 1 aromatic heterocycles. The third-order valence-corrected chi connectivity index (χ3v) is 2.93. The largest absolute Gasteiger partial charge is 0.477 e. The number of hydrogen-bond acceptors (Lipinski definition) is 5. The van der Waals surface area contributed by atoms with Crippen LogP contribution < -0.4 is 16.0 Å². The molecule has 8 heteroatoms. The van der Waals surface area contributed by atoms with E-state index >= 15 is 0 Å².